The van der Waals surface area contributed by atoms with Crippen molar-refractivity contribution in [1.29, 1.82) is 0 Å². The highest BCUT2D eigenvalue weighted by molar-refractivity contribution is 6.00. The molecule has 1 heterocycles. The molecule has 1 aliphatic heterocycles. The first kappa shape index (κ1) is 14.6. The number of ketones is 1. The van der Waals surface area contributed by atoms with Gasteiger partial charge >= 0.3 is 0 Å². The van der Waals surface area contributed by atoms with Crippen LogP contribution in [0.1, 0.15) is 44.5 Å². The van der Waals surface area contributed by atoms with Crippen LogP contribution in [0, 0.1) is 5.92 Å². The van der Waals surface area contributed by atoms with Crippen molar-refractivity contribution in [1.82, 2.24) is 0 Å². The summed E-state index contributed by atoms with van der Waals surface area (Å²) in [5, 5.41) is 0. The largest absolute Gasteiger partial charge is 0.486 e. The lowest BCUT2D eigenvalue weighted by molar-refractivity contribution is -0.117. The second-order valence-corrected chi connectivity index (χ2v) is 5.49. The van der Waals surface area contributed by atoms with E-state index in [1.54, 1.807) is 30.0 Å². The van der Waals surface area contributed by atoms with Crippen molar-refractivity contribution in [3.63, 3.8) is 0 Å². The Balaban J connectivity index is 2.43. The molecule has 20 heavy (non-hydrogen) atoms. The summed E-state index contributed by atoms with van der Waals surface area (Å²) in [4.78, 5) is 25.4. The molecule has 1 amide bonds. The van der Waals surface area contributed by atoms with E-state index in [0.717, 1.165) is 0 Å². The standard InChI is InChI=1S/C16H21NO3/c1-5-14(19)12-6-7-15-13(8-12)17(11(4)18)9-16(20-15)10(2)3/h6-8,10,16H,5,9H2,1-4H3. The van der Waals surface area contributed by atoms with Crippen LogP contribution in [0.25, 0.3) is 0 Å². The van der Waals surface area contributed by atoms with Crippen LogP contribution in [0.15, 0.2) is 18.2 Å². The van der Waals surface area contributed by atoms with E-state index in [9.17, 15) is 9.59 Å². The Bertz CT molecular complexity index is 537. The number of benzene rings is 1. The first-order valence-electron chi connectivity index (χ1n) is 7.06. The zero-order valence-corrected chi connectivity index (χ0v) is 12.5. The number of fused-ring (bicyclic) bond motifs is 1. The third-order valence-electron chi connectivity index (χ3n) is 3.66. The molecule has 0 aliphatic carbocycles. The molecule has 0 spiro atoms. The van der Waals surface area contributed by atoms with E-state index in [4.69, 9.17) is 4.74 Å². The number of amides is 1. The summed E-state index contributed by atoms with van der Waals surface area (Å²) in [5.41, 5.74) is 1.33. The van der Waals surface area contributed by atoms with Crippen LogP contribution in [0.2, 0.25) is 0 Å². The van der Waals surface area contributed by atoms with Gasteiger partial charge in [0, 0.05) is 18.9 Å². The monoisotopic (exact) mass is 275 g/mol. The molecule has 0 saturated carbocycles. The molecule has 0 aromatic heterocycles. The fourth-order valence-corrected chi connectivity index (χ4v) is 2.33. The van der Waals surface area contributed by atoms with E-state index in [1.165, 1.54) is 0 Å². The van der Waals surface area contributed by atoms with Gasteiger partial charge in [-0.2, -0.15) is 0 Å². The molecule has 1 aromatic rings. The summed E-state index contributed by atoms with van der Waals surface area (Å²) in [6.45, 7) is 8.05. The lowest BCUT2D eigenvalue weighted by Crippen LogP contribution is -2.45. The lowest BCUT2D eigenvalue weighted by Gasteiger charge is -2.36. The molecule has 4 heteroatoms. The van der Waals surface area contributed by atoms with Gasteiger partial charge in [0.1, 0.15) is 11.9 Å². The third-order valence-corrected chi connectivity index (χ3v) is 3.66. The number of carbonyl (C=O) groups is 2. The van der Waals surface area contributed by atoms with Gasteiger partial charge in [-0.15, -0.1) is 0 Å². The highest BCUT2D eigenvalue weighted by atomic mass is 16.5. The van der Waals surface area contributed by atoms with Crippen LogP contribution in [0.3, 0.4) is 0 Å². The average Bonchev–Trinajstić information content (AvgIpc) is 2.44. The molecule has 1 aromatic carbocycles. The van der Waals surface area contributed by atoms with Crippen molar-refractivity contribution in [2.24, 2.45) is 5.92 Å². The summed E-state index contributed by atoms with van der Waals surface area (Å²) < 4.78 is 5.94. The molecular formula is C16H21NO3. The topological polar surface area (TPSA) is 46.6 Å². The minimum absolute atomic E-state index is 0.0147. The smallest absolute Gasteiger partial charge is 0.224 e. The predicted octanol–water partition coefficient (Wildman–Crippen LogP) is 3.05. The van der Waals surface area contributed by atoms with Gasteiger partial charge in [0.15, 0.2) is 5.78 Å². The molecule has 0 bridgehead atoms. The number of Topliss-reactive ketones (excluding diaryl/α,β-unsaturated/α-hetero) is 1. The number of nitrogens with zero attached hydrogens (tertiary/aromatic N) is 1. The second kappa shape index (κ2) is 5.65. The summed E-state index contributed by atoms with van der Waals surface area (Å²) in [6, 6.07) is 5.33. The molecule has 1 aliphatic rings. The third kappa shape index (κ3) is 2.69. The van der Waals surface area contributed by atoms with E-state index in [2.05, 4.69) is 13.8 Å². The quantitative estimate of drug-likeness (QED) is 0.796. The van der Waals surface area contributed by atoms with Crippen molar-refractivity contribution in [3.8, 4) is 5.75 Å². The van der Waals surface area contributed by atoms with E-state index in [-0.39, 0.29) is 17.8 Å². The summed E-state index contributed by atoms with van der Waals surface area (Å²) in [7, 11) is 0. The number of anilines is 1. The van der Waals surface area contributed by atoms with Gasteiger partial charge in [-0.1, -0.05) is 20.8 Å². The van der Waals surface area contributed by atoms with Crippen molar-refractivity contribution in [2.45, 2.75) is 40.2 Å². The number of hydrogen-bond donors (Lipinski definition) is 0. The highest BCUT2D eigenvalue weighted by Crippen LogP contribution is 2.36. The Hall–Kier alpha value is -1.84. The van der Waals surface area contributed by atoms with E-state index in [0.29, 0.717) is 35.9 Å². The molecule has 0 fully saturated rings. The van der Waals surface area contributed by atoms with Gasteiger partial charge in [-0.05, 0) is 24.1 Å². The predicted molar refractivity (Wildman–Crippen MR) is 78.3 cm³/mol. The van der Waals surface area contributed by atoms with Gasteiger partial charge < -0.3 is 9.64 Å². The van der Waals surface area contributed by atoms with Crippen molar-refractivity contribution >= 4 is 17.4 Å². The number of ether oxygens (including phenoxy) is 1. The van der Waals surface area contributed by atoms with Crippen LogP contribution in [-0.4, -0.2) is 24.3 Å². The molecule has 2 rings (SSSR count). The molecular weight excluding hydrogens is 254 g/mol. The molecule has 108 valence electrons. The SMILES string of the molecule is CCC(=O)c1ccc2c(c1)N(C(C)=O)CC(C(C)C)O2. The zero-order chi connectivity index (χ0) is 14.9. The molecule has 1 unspecified atom stereocenters. The normalized spacial score (nSPS) is 17.6. The van der Waals surface area contributed by atoms with Crippen molar-refractivity contribution in [2.75, 3.05) is 11.4 Å². The van der Waals surface area contributed by atoms with Crippen LogP contribution < -0.4 is 9.64 Å². The van der Waals surface area contributed by atoms with Crippen LogP contribution in [0.4, 0.5) is 5.69 Å². The van der Waals surface area contributed by atoms with Crippen LogP contribution in [0.5, 0.6) is 5.75 Å². The Labute approximate surface area is 119 Å². The Morgan fingerprint density at radius 1 is 1.40 bits per heavy atom. The maximum absolute atomic E-state index is 11.9. The first-order valence-corrected chi connectivity index (χ1v) is 7.06. The molecule has 1 atom stereocenters. The van der Waals surface area contributed by atoms with Crippen molar-refractivity contribution < 1.29 is 14.3 Å². The highest BCUT2D eigenvalue weighted by Gasteiger charge is 2.30. The number of rotatable bonds is 3. The molecule has 0 N–H and O–H groups in total. The minimum Gasteiger partial charge on any atom is -0.486 e. The first-order chi connectivity index (χ1) is 9.43. The molecule has 0 radical (unpaired) electrons. The summed E-state index contributed by atoms with van der Waals surface area (Å²) in [6.07, 6.45) is 0.438. The van der Waals surface area contributed by atoms with Crippen LogP contribution >= 0.6 is 0 Å². The summed E-state index contributed by atoms with van der Waals surface area (Å²) in [5.74, 6) is 1.04. The van der Waals surface area contributed by atoms with Gasteiger partial charge in [0.05, 0.1) is 12.2 Å². The van der Waals surface area contributed by atoms with Gasteiger partial charge in [-0.25, -0.2) is 0 Å². The summed E-state index contributed by atoms with van der Waals surface area (Å²) >= 11 is 0. The number of carbonyl (C=O) groups excluding carboxylic acids is 2. The Morgan fingerprint density at radius 3 is 2.65 bits per heavy atom. The lowest BCUT2D eigenvalue weighted by atomic mass is 10.0. The zero-order valence-electron chi connectivity index (χ0n) is 12.5. The molecule has 0 saturated heterocycles. The van der Waals surface area contributed by atoms with Gasteiger partial charge in [0.2, 0.25) is 5.91 Å². The van der Waals surface area contributed by atoms with E-state index < -0.39 is 0 Å². The van der Waals surface area contributed by atoms with Gasteiger partial charge in [0.25, 0.3) is 0 Å². The number of hydrogen-bond acceptors (Lipinski definition) is 3. The average molecular weight is 275 g/mol. The minimum atomic E-state index is -0.0266. The maximum Gasteiger partial charge on any atom is 0.224 e. The fourth-order valence-electron chi connectivity index (χ4n) is 2.33. The second-order valence-electron chi connectivity index (χ2n) is 5.49. The Morgan fingerprint density at radius 2 is 2.10 bits per heavy atom. The fraction of sp³-hybridized carbons (Fsp3) is 0.500. The Kier molecular flexibility index (Phi) is 4.12. The van der Waals surface area contributed by atoms with Crippen LogP contribution in [-0.2, 0) is 4.79 Å². The maximum atomic E-state index is 11.9. The molecule has 4 nitrogen and oxygen atoms in total. The van der Waals surface area contributed by atoms with Crippen molar-refractivity contribution in [3.05, 3.63) is 23.8 Å². The van der Waals surface area contributed by atoms with Gasteiger partial charge in [-0.3, -0.25) is 9.59 Å². The van der Waals surface area contributed by atoms with E-state index in [1.807, 2.05) is 6.92 Å². The van der Waals surface area contributed by atoms with E-state index >= 15 is 0 Å².